The molecule has 0 spiro atoms. The van der Waals surface area contributed by atoms with Gasteiger partial charge >= 0.3 is 0 Å². The molecule has 0 unspecified atom stereocenters. The number of aryl methyl sites for hydroxylation is 1. The van der Waals surface area contributed by atoms with Crippen LogP contribution in [0.25, 0.3) is 11.2 Å². The van der Waals surface area contributed by atoms with E-state index in [0.717, 1.165) is 11.2 Å². The Morgan fingerprint density at radius 2 is 2.00 bits per heavy atom. The van der Waals surface area contributed by atoms with Crippen molar-refractivity contribution in [2.45, 2.75) is 6.92 Å². The summed E-state index contributed by atoms with van der Waals surface area (Å²) in [7, 11) is 0. The molecular weight excluding hydrogens is 164 g/mol. The van der Waals surface area contributed by atoms with Gasteiger partial charge < -0.3 is 0 Å². The molecule has 0 fully saturated rings. The standard InChI is InChI=1S/C6H6N4.ClH/c1-4-5-6(10-9-4)8-3-2-7-5;/h2-3H,1H3,(H,8,9,10);1H. The Hall–Kier alpha value is -1.16. The monoisotopic (exact) mass is 170 g/mol. The molecule has 5 heteroatoms. The third-order valence-electron chi connectivity index (χ3n) is 1.36. The lowest BCUT2D eigenvalue weighted by molar-refractivity contribution is 1.05. The summed E-state index contributed by atoms with van der Waals surface area (Å²) in [5.74, 6) is 0. The summed E-state index contributed by atoms with van der Waals surface area (Å²) >= 11 is 0. The van der Waals surface area contributed by atoms with Gasteiger partial charge in [0.1, 0.15) is 5.52 Å². The molecule has 0 atom stereocenters. The number of aromatic amines is 1. The van der Waals surface area contributed by atoms with E-state index in [1.54, 1.807) is 12.4 Å². The van der Waals surface area contributed by atoms with Gasteiger partial charge in [0, 0.05) is 12.4 Å². The predicted octanol–water partition coefficient (Wildman–Crippen LogP) is 1.08. The van der Waals surface area contributed by atoms with Crippen molar-refractivity contribution in [1.82, 2.24) is 20.2 Å². The van der Waals surface area contributed by atoms with Crippen molar-refractivity contribution in [2.24, 2.45) is 0 Å². The van der Waals surface area contributed by atoms with E-state index in [0.29, 0.717) is 5.65 Å². The average Bonchev–Trinajstić information content (AvgIpc) is 2.34. The van der Waals surface area contributed by atoms with Crippen molar-refractivity contribution in [3.05, 3.63) is 18.1 Å². The summed E-state index contributed by atoms with van der Waals surface area (Å²) in [6.45, 7) is 1.92. The molecule has 1 N–H and O–H groups in total. The van der Waals surface area contributed by atoms with Crippen LogP contribution in [-0.2, 0) is 0 Å². The number of hydrogen-bond donors (Lipinski definition) is 1. The fourth-order valence-electron chi connectivity index (χ4n) is 0.867. The highest BCUT2D eigenvalue weighted by Crippen LogP contribution is 2.06. The summed E-state index contributed by atoms with van der Waals surface area (Å²) in [5, 5.41) is 6.72. The van der Waals surface area contributed by atoms with Crippen LogP contribution in [-0.4, -0.2) is 20.2 Å². The van der Waals surface area contributed by atoms with Gasteiger partial charge in [0.05, 0.1) is 5.69 Å². The Morgan fingerprint density at radius 3 is 2.73 bits per heavy atom. The first-order valence-electron chi connectivity index (χ1n) is 2.99. The lowest BCUT2D eigenvalue weighted by atomic mass is 10.4. The molecule has 0 bridgehead atoms. The largest absolute Gasteiger partial charge is 0.278 e. The first kappa shape index (κ1) is 7.94. The lowest BCUT2D eigenvalue weighted by Gasteiger charge is -1.83. The van der Waals surface area contributed by atoms with Gasteiger partial charge in [0.15, 0.2) is 5.65 Å². The fraction of sp³-hybridized carbons (Fsp3) is 0.167. The van der Waals surface area contributed by atoms with E-state index < -0.39 is 0 Å². The molecule has 0 amide bonds. The minimum atomic E-state index is 0. The smallest absolute Gasteiger partial charge is 0.199 e. The number of H-pyrrole nitrogens is 1. The van der Waals surface area contributed by atoms with Crippen LogP contribution in [0.4, 0.5) is 0 Å². The first-order chi connectivity index (χ1) is 4.88. The molecule has 2 aromatic heterocycles. The number of nitrogens with one attached hydrogen (secondary N) is 1. The lowest BCUT2D eigenvalue weighted by Crippen LogP contribution is -1.77. The van der Waals surface area contributed by atoms with E-state index in [9.17, 15) is 0 Å². The van der Waals surface area contributed by atoms with Gasteiger partial charge in [-0.15, -0.1) is 12.4 Å². The van der Waals surface area contributed by atoms with Crippen LogP contribution >= 0.6 is 12.4 Å². The van der Waals surface area contributed by atoms with Crippen LogP contribution in [0.15, 0.2) is 12.4 Å². The van der Waals surface area contributed by atoms with Crippen molar-refractivity contribution in [1.29, 1.82) is 0 Å². The molecule has 0 saturated heterocycles. The highest BCUT2D eigenvalue weighted by molar-refractivity contribution is 5.85. The van der Waals surface area contributed by atoms with Crippen molar-refractivity contribution in [3.63, 3.8) is 0 Å². The van der Waals surface area contributed by atoms with Gasteiger partial charge in [-0.05, 0) is 6.92 Å². The van der Waals surface area contributed by atoms with E-state index in [2.05, 4.69) is 20.2 Å². The highest BCUT2D eigenvalue weighted by Gasteiger charge is 1.99. The summed E-state index contributed by atoms with van der Waals surface area (Å²) < 4.78 is 0. The maximum absolute atomic E-state index is 4.08. The molecule has 0 saturated carbocycles. The molecule has 58 valence electrons. The van der Waals surface area contributed by atoms with Gasteiger partial charge in [-0.3, -0.25) is 5.10 Å². The van der Waals surface area contributed by atoms with Crippen molar-refractivity contribution >= 4 is 23.6 Å². The zero-order valence-corrected chi connectivity index (χ0v) is 6.72. The zero-order chi connectivity index (χ0) is 6.97. The SMILES string of the molecule is Cc1[nH]nc2nccnc12.Cl. The molecule has 0 radical (unpaired) electrons. The fourth-order valence-corrected chi connectivity index (χ4v) is 0.867. The quantitative estimate of drug-likeness (QED) is 0.644. The number of rotatable bonds is 0. The second-order valence-electron chi connectivity index (χ2n) is 2.08. The van der Waals surface area contributed by atoms with E-state index in [4.69, 9.17) is 0 Å². The molecular formula is C6H7ClN4. The van der Waals surface area contributed by atoms with Crippen molar-refractivity contribution in [2.75, 3.05) is 0 Å². The van der Waals surface area contributed by atoms with Crippen LogP contribution in [0.3, 0.4) is 0 Å². The van der Waals surface area contributed by atoms with Crippen LogP contribution in [0.1, 0.15) is 5.69 Å². The molecule has 0 aliphatic rings. The Morgan fingerprint density at radius 1 is 1.27 bits per heavy atom. The normalized spacial score (nSPS) is 9.55. The third kappa shape index (κ3) is 1.17. The Labute approximate surface area is 69.5 Å². The van der Waals surface area contributed by atoms with Crippen LogP contribution in [0.5, 0.6) is 0 Å². The maximum Gasteiger partial charge on any atom is 0.199 e. The molecule has 4 nitrogen and oxygen atoms in total. The number of nitrogens with zero attached hydrogens (tertiary/aromatic N) is 3. The maximum atomic E-state index is 4.08. The topological polar surface area (TPSA) is 54.5 Å². The van der Waals surface area contributed by atoms with Gasteiger partial charge in [0.25, 0.3) is 0 Å². The van der Waals surface area contributed by atoms with E-state index in [-0.39, 0.29) is 12.4 Å². The van der Waals surface area contributed by atoms with Gasteiger partial charge in [-0.1, -0.05) is 0 Å². The van der Waals surface area contributed by atoms with Gasteiger partial charge in [-0.25, -0.2) is 9.97 Å². The highest BCUT2D eigenvalue weighted by atomic mass is 35.5. The van der Waals surface area contributed by atoms with E-state index in [1.165, 1.54) is 0 Å². The molecule has 2 heterocycles. The second-order valence-corrected chi connectivity index (χ2v) is 2.08. The number of fused-ring (bicyclic) bond motifs is 1. The van der Waals surface area contributed by atoms with E-state index in [1.807, 2.05) is 6.92 Å². The molecule has 11 heavy (non-hydrogen) atoms. The minimum Gasteiger partial charge on any atom is -0.278 e. The summed E-state index contributed by atoms with van der Waals surface area (Å²) in [6.07, 6.45) is 3.29. The number of hydrogen-bond acceptors (Lipinski definition) is 3. The van der Waals surface area contributed by atoms with Gasteiger partial charge in [0.2, 0.25) is 0 Å². The molecule has 0 aliphatic carbocycles. The Bertz CT molecular complexity index is 356. The summed E-state index contributed by atoms with van der Waals surface area (Å²) in [6, 6.07) is 0. The Kier molecular flexibility index (Phi) is 2.05. The summed E-state index contributed by atoms with van der Waals surface area (Å²) in [5.41, 5.74) is 2.49. The van der Waals surface area contributed by atoms with Gasteiger partial charge in [-0.2, -0.15) is 5.10 Å². The number of aromatic nitrogens is 4. The molecule has 0 aliphatic heterocycles. The van der Waals surface area contributed by atoms with E-state index >= 15 is 0 Å². The minimum absolute atomic E-state index is 0. The molecule has 2 rings (SSSR count). The van der Waals surface area contributed by atoms with Crippen LogP contribution in [0, 0.1) is 6.92 Å². The Balaban J connectivity index is 0.000000605. The summed E-state index contributed by atoms with van der Waals surface area (Å²) in [4.78, 5) is 8.08. The van der Waals surface area contributed by atoms with Crippen molar-refractivity contribution < 1.29 is 0 Å². The van der Waals surface area contributed by atoms with Crippen molar-refractivity contribution in [3.8, 4) is 0 Å². The average molecular weight is 171 g/mol. The molecule has 2 aromatic rings. The zero-order valence-electron chi connectivity index (χ0n) is 5.90. The molecule has 0 aromatic carbocycles. The second kappa shape index (κ2) is 2.84. The van der Waals surface area contributed by atoms with Crippen LogP contribution < -0.4 is 0 Å². The van der Waals surface area contributed by atoms with Crippen LogP contribution in [0.2, 0.25) is 0 Å². The first-order valence-corrected chi connectivity index (χ1v) is 2.99. The number of halogens is 1. The predicted molar refractivity (Wildman–Crippen MR) is 43.7 cm³/mol. The third-order valence-corrected chi connectivity index (χ3v) is 1.36.